The summed E-state index contributed by atoms with van der Waals surface area (Å²) in [7, 11) is 3.90. The van der Waals surface area contributed by atoms with Crippen LogP contribution in [-0.4, -0.2) is 72.1 Å². The molecule has 0 aliphatic carbocycles. The van der Waals surface area contributed by atoms with Crippen LogP contribution in [0.3, 0.4) is 0 Å². The number of H-pyrrole nitrogens is 1. The summed E-state index contributed by atoms with van der Waals surface area (Å²) in [6, 6.07) is 24.2. The van der Waals surface area contributed by atoms with E-state index in [9.17, 15) is 14.7 Å². The molecule has 4 N–H and O–H groups in total. The molecule has 2 amide bonds. The Hall–Kier alpha value is -5.15. The molecule has 0 saturated heterocycles. The average molecular weight is 578 g/mol. The molecule has 0 fully saturated rings. The summed E-state index contributed by atoms with van der Waals surface area (Å²) in [4.78, 5) is 34.6. The summed E-state index contributed by atoms with van der Waals surface area (Å²) < 4.78 is 5.81. The van der Waals surface area contributed by atoms with E-state index < -0.39 is 0 Å². The predicted molar refractivity (Wildman–Crippen MR) is 168 cm³/mol. The number of nitrogens with one attached hydrogen (secondary N) is 3. The van der Waals surface area contributed by atoms with E-state index in [1.807, 2.05) is 79.7 Å². The van der Waals surface area contributed by atoms with Crippen molar-refractivity contribution < 1.29 is 19.4 Å². The molecule has 9 heteroatoms. The molecule has 0 spiro atoms. The monoisotopic (exact) mass is 577 g/mol. The van der Waals surface area contributed by atoms with Crippen molar-refractivity contribution in [2.24, 2.45) is 0 Å². The normalized spacial score (nSPS) is 11.0. The van der Waals surface area contributed by atoms with Gasteiger partial charge in [-0.05, 0) is 55.6 Å². The third-order valence-corrected chi connectivity index (χ3v) is 7.03. The molecule has 0 unspecified atom stereocenters. The van der Waals surface area contributed by atoms with E-state index >= 15 is 0 Å². The summed E-state index contributed by atoms with van der Waals surface area (Å²) in [5.74, 6) is 0.327. The number of nitrogens with zero attached hydrogens (tertiary/aromatic N) is 2. The Morgan fingerprint density at radius 2 is 1.72 bits per heavy atom. The lowest BCUT2D eigenvalue weighted by Gasteiger charge is -2.13. The summed E-state index contributed by atoms with van der Waals surface area (Å²) in [6.07, 6.45) is 3.72. The maximum absolute atomic E-state index is 12.6. The van der Waals surface area contributed by atoms with Crippen molar-refractivity contribution in [3.05, 3.63) is 102 Å². The largest absolute Gasteiger partial charge is 0.507 e. The first-order chi connectivity index (χ1) is 20.9. The Bertz CT molecular complexity index is 1680. The number of likely N-dealkylation sites (N-methyl/N-ethyl adjacent to an activating group) is 1. The molecule has 5 rings (SSSR count). The number of para-hydroxylation sites is 2. The summed E-state index contributed by atoms with van der Waals surface area (Å²) in [5.41, 5.74) is 5.32. The zero-order chi connectivity index (χ0) is 30.2. The second-order valence-electron chi connectivity index (χ2n) is 10.5. The van der Waals surface area contributed by atoms with Crippen LogP contribution in [0, 0.1) is 0 Å². The van der Waals surface area contributed by atoms with Crippen molar-refractivity contribution in [3.8, 4) is 33.9 Å². The van der Waals surface area contributed by atoms with E-state index in [1.54, 1.807) is 30.6 Å². The van der Waals surface area contributed by atoms with Gasteiger partial charge in [-0.15, -0.1) is 0 Å². The number of hydrogen-bond donors (Lipinski definition) is 4. The Morgan fingerprint density at radius 3 is 2.51 bits per heavy atom. The highest BCUT2D eigenvalue weighted by Crippen LogP contribution is 2.38. The molecule has 220 valence electrons. The van der Waals surface area contributed by atoms with Crippen molar-refractivity contribution in [2.75, 3.05) is 40.3 Å². The van der Waals surface area contributed by atoms with Crippen LogP contribution in [0.2, 0.25) is 0 Å². The third kappa shape index (κ3) is 7.38. The molecule has 0 aliphatic rings. The molecule has 0 saturated carbocycles. The van der Waals surface area contributed by atoms with Crippen LogP contribution in [0.25, 0.3) is 33.3 Å². The number of hydrogen-bond acceptors (Lipinski definition) is 6. The topological polar surface area (TPSA) is 120 Å². The second-order valence-corrected chi connectivity index (χ2v) is 10.5. The van der Waals surface area contributed by atoms with Crippen LogP contribution < -0.4 is 15.4 Å². The van der Waals surface area contributed by atoms with Gasteiger partial charge in [-0.3, -0.25) is 14.6 Å². The molecular formula is C34H35N5O4. The molecule has 0 radical (unpaired) electrons. The highest BCUT2D eigenvalue weighted by molar-refractivity contribution is 5.97. The van der Waals surface area contributed by atoms with Gasteiger partial charge in [-0.25, -0.2) is 0 Å². The molecule has 5 aromatic rings. The van der Waals surface area contributed by atoms with Gasteiger partial charge in [0.05, 0.1) is 24.2 Å². The Morgan fingerprint density at radius 1 is 0.930 bits per heavy atom. The Balaban J connectivity index is 1.14. The summed E-state index contributed by atoms with van der Waals surface area (Å²) in [5, 5.41) is 17.8. The number of carbonyl (C=O) groups excluding carboxylic acids is 2. The fourth-order valence-corrected chi connectivity index (χ4v) is 4.78. The van der Waals surface area contributed by atoms with Gasteiger partial charge >= 0.3 is 0 Å². The first kappa shape index (κ1) is 29.3. The van der Waals surface area contributed by atoms with Gasteiger partial charge in [0.15, 0.2) is 0 Å². The molecule has 2 heterocycles. The smallest absolute Gasteiger partial charge is 0.255 e. The highest BCUT2D eigenvalue weighted by Gasteiger charge is 2.14. The number of fused-ring (bicyclic) bond motifs is 1. The summed E-state index contributed by atoms with van der Waals surface area (Å²) in [6.45, 7) is 1.81. The van der Waals surface area contributed by atoms with E-state index in [0.717, 1.165) is 34.3 Å². The quantitative estimate of drug-likeness (QED) is 0.161. The lowest BCUT2D eigenvalue weighted by Crippen LogP contribution is -2.32. The second kappa shape index (κ2) is 13.7. The number of aromatic nitrogens is 2. The number of phenolic OH excluding ortho intramolecular Hbond substituents is 1. The Labute approximate surface area is 250 Å². The zero-order valence-corrected chi connectivity index (χ0v) is 24.3. The molecule has 43 heavy (non-hydrogen) atoms. The number of rotatable bonds is 12. The van der Waals surface area contributed by atoms with Crippen LogP contribution >= 0.6 is 0 Å². The zero-order valence-electron chi connectivity index (χ0n) is 24.3. The lowest BCUT2D eigenvalue weighted by molar-refractivity contribution is -0.120. The van der Waals surface area contributed by atoms with Crippen molar-refractivity contribution in [3.63, 3.8) is 0 Å². The van der Waals surface area contributed by atoms with Gasteiger partial charge in [-0.1, -0.05) is 48.5 Å². The SMILES string of the molecule is CN(C)CCNC(=O)c1ccccc1OCCNC(=O)Cc1ccc(-c2cccc(-c3cc4cnccc4[nH]3)c2O)cc1. The number of amides is 2. The number of benzene rings is 3. The number of ether oxygens (including phenoxy) is 1. The van der Waals surface area contributed by atoms with Crippen LogP contribution in [0.1, 0.15) is 15.9 Å². The van der Waals surface area contributed by atoms with Gasteiger partial charge < -0.3 is 30.4 Å². The highest BCUT2D eigenvalue weighted by atomic mass is 16.5. The molecule has 0 bridgehead atoms. The molecule has 3 aromatic carbocycles. The third-order valence-electron chi connectivity index (χ3n) is 7.03. The minimum atomic E-state index is -0.194. The number of pyridine rings is 1. The minimum Gasteiger partial charge on any atom is -0.507 e. The molecule has 0 atom stereocenters. The number of aromatic amines is 1. The van der Waals surface area contributed by atoms with Gasteiger partial charge in [0, 0.05) is 47.5 Å². The minimum absolute atomic E-state index is 0.135. The number of carbonyl (C=O) groups is 2. The Kier molecular flexibility index (Phi) is 9.33. The molecule has 0 aliphatic heterocycles. The van der Waals surface area contributed by atoms with Crippen LogP contribution in [-0.2, 0) is 11.2 Å². The average Bonchev–Trinajstić information content (AvgIpc) is 3.44. The molecule has 2 aromatic heterocycles. The first-order valence-corrected chi connectivity index (χ1v) is 14.1. The van der Waals surface area contributed by atoms with Crippen molar-refractivity contribution in [1.82, 2.24) is 25.5 Å². The first-order valence-electron chi connectivity index (χ1n) is 14.1. The van der Waals surface area contributed by atoms with Crippen molar-refractivity contribution >= 4 is 22.7 Å². The van der Waals surface area contributed by atoms with E-state index in [0.29, 0.717) is 35.5 Å². The maximum Gasteiger partial charge on any atom is 0.255 e. The maximum atomic E-state index is 12.6. The molecule has 9 nitrogen and oxygen atoms in total. The number of aromatic hydroxyl groups is 1. The van der Waals surface area contributed by atoms with E-state index in [2.05, 4.69) is 20.6 Å². The lowest BCUT2D eigenvalue weighted by atomic mass is 9.98. The van der Waals surface area contributed by atoms with Crippen LogP contribution in [0.5, 0.6) is 11.5 Å². The fraction of sp³-hybridized carbons (Fsp3) is 0.206. The van der Waals surface area contributed by atoms with E-state index in [-0.39, 0.29) is 30.6 Å². The fourth-order valence-electron chi connectivity index (χ4n) is 4.78. The molecular weight excluding hydrogens is 542 g/mol. The van der Waals surface area contributed by atoms with Gasteiger partial charge in [-0.2, -0.15) is 0 Å². The van der Waals surface area contributed by atoms with E-state index in [1.165, 1.54) is 0 Å². The van der Waals surface area contributed by atoms with Crippen molar-refractivity contribution in [1.29, 1.82) is 0 Å². The standard InChI is InChI=1S/C34H35N5O4/c1-39(2)18-16-37-34(42)28-6-3-4-9-31(28)43-19-17-36-32(40)20-23-10-12-24(13-11-23)26-7-5-8-27(33(26)41)30-21-25-22-35-15-14-29(25)38-30/h3-15,21-22,38,41H,16-20H2,1-2H3,(H,36,40)(H,37,42). The van der Waals surface area contributed by atoms with E-state index in [4.69, 9.17) is 4.74 Å². The van der Waals surface area contributed by atoms with Gasteiger partial charge in [0.25, 0.3) is 5.91 Å². The van der Waals surface area contributed by atoms with Crippen molar-refractivity contribution in [2.45, 2.75) is 6.42 Å². The summed E-state index contributed by atoms with van der Waals surface area (Å²) >= 11 is 0. The van der Waals surface area contributed by atoms with Gasteiger partial charge in [0.2, 0.25) is 5.91 Å². The van der Waals surface area contributed by atoms with Gasteiger partial charge in [0.1, 0.15) is 18.1 Å². The van der Waals surface area contributed by atoms with Crippen LogP contribution in [0.15, 0.2) is 91.3 Å². The van der Waals surface area contributed by atoms with Crippen LogP contribution in [0.4, 0.5) is 0 Å². The predicted octanol–water partition coefficient (Wildman–Crippen LogP) is 4.63. The number of phenols is 1.